The minimum absolute atomic E-state index is 0.826. The molecule has 0 aromatic rings. The summed E-state index contributed by atoms with van der Waals surface area (Å²) in [7, 11) is 0. The Bertz CT molecular complexity index is 251. The normalized spacial score (nSPS) is 18.1. The van der Waals surface area contributed by atoms with Crippen molar-refractivity contribution in [2.75, 3.05) is 6.54 Å². The highest BCUT2D eigenvalue weighted by Gasteiger charge is 1.92. The summed E-state index contributed by atoms with van der Waals surface area (Å²) < 4.78 is 0. The van der Waals surface area contributed by atoms with Crippen molar-refractivity contribution in [3.05, 3.63) is 23.8 Å². The van der Waals surface area contributed by atoms with Gasteiger partial charge in [-0.2, -0.15) is 0 Å². The number of rotatable bonds is 3. The van der Waals surface area contributed by atoms with Gasteiger partial charge < -0.3 is 0 Å². The van der Waals surface area contributed by atoms with Gasteiger partial charge in [0.25, 0.3) is 0 Å². The maximum absolute atomic E-state index is 5.14. The summed E-state index contributed by atoms with van der Waals surface area (Å²) in [5, 5.41) is 0. The zero-order valence-electron chi connectivity index (χ0n) is 7.16. The van der Waals surface area contributed by atoms with Crippen LogP contribution in [0, 0.1) is 12.3 Å². The third kappa shape index (κ3) is 3.21. The Morgan fingerprint density at radius 1 is 1.67 bits per heavy atom. The average molecular weight is 159 g/mol. The first kappa shape index (κ1) is 8.80. The Hall–Kier alpha value is -1.29. The summed E-state index contributed by atoms with van der Waals surface area (Å²) in [5.74, 6) is 2.63. The van der Waals surface area contributed by atoms with Crippen LogP contribution in [-0.2, 0) is 0 Å². The highest BCUT2D eigenvalue weighted by atomic mass is 14.7. The van der Waals surface area contributed by atoms with Crippen LogP contribution in [0.15, 0.2) is 28.8 Å². The molecule has 1 aliphatic heterocycles. The summed E-state index contributed by atoms with van der Waals surface area (Å²) in [5.41, 5.74) is 1.30. The van der Waals surface area contributed by atoms with Crippen LogP contribution in [0.4, 0.5) is 0 Å². The molecule has 62 valence electrons. The first-order chi connectivity index (χ1) is 5.93. The molecule has 0 saturated heterocycles. The van der Waals surface area contributed by atoms with Crippen molar-refractivity contribution in [1.29, 1.82) is 0 Å². The first-order valence-electron chi connectivity index (χ1n) is 4.22. The second-order valence-corrected chi connectivity index (χ2v) is 2.72. The van der Waals surface area contributed by atoms with Gasteiger partial charge in [-0.05, 0) is 24.5 Å². The molecular weight excluding hydrogens is 146 g/mol. The van der Waals surface area contributed by atoms with E-state index in [1.54, 1.807) is 0 Å². The minimum atomic E-state index is 0.826. The molecule has 1 heteroatoms. The van der Waals surface area contributed by atoms with Gasteiger partial charge in [-0.1, -0.05) is 12.2 Å². The van der Waals surface area contributed by atoms with Crippen LogP contribution in [0.2, 0.25) is 0 Å². The van der Waals surface area contributed by atoms with E-state index < -0.39 is 0 Å². The molecule has 0 amide bonds. The minimum Gasteiger partial charge on any atom is -0.288 e. The Balaban J connectivity index is 2.24. The smallest absolute Gasteiger partial charge is 0.0636 e. The van der Waals surface area contributed by atoms with Crippen molar-refractivity contribution < 1.29 is 0 Å². The van der Waals surface area contributed by atoms with Crippen LogP contribution in [0.3, 0.4) is 0 Å². The molecule has 0 aliphatic carbocycles. The monoisotopic (exact) mass is 159 g/mol. The maximum Gasteiger partial charge on any atom is 0.0636 e. The van der Waals surface area contributed by atoms with Crippen molar-refractivity contribution in [3.8, 4) is 12.3 Å². The fourth-order valence-electron chi connectivity index (χ4n) is 1.06. The predicted octanol–water partition coefficient (Wildman–Crippen LogP) is 2.36. The number of hydrogen-bond donors (Lipinski definition) is 0. The van der Waals surface area contributed by atoms with Crippen molar-refractivity contribution in [2.24, 2.45) is 4.99 Å². The fraction of sp³-hybridized carbons (Fsp3) is 0.364. The van der Waals surface area contributed by atoms with Gasteiger partial charge in [0.2, 0.25) is 0 Å². The molecule has 0 fully saturated rings. The van der Waals surface area contributed by atoms with Gasteiger partial charge in [-0.25, -0.2) is 0 Å². The lowest BCUT2D eigenvalue weighted by Gasteiger charge is -2.00. The quantitative estimate of drug-likeness (QED) is 0.443. The zero-order chi connectivity index (χ0) is 8.65. The molecular formula is C11H13N. The van der Waals surface area contributed by atoms with Crippen LogP contribution in [0.25, 0.3) is 0 Å². The SMILES string of the molecule is C#CCCC/C=C1/C=CC=NC1. The molecule has 0 bridgehead atoms. The molecule has 12 heavy (non-hydrogen) atoms. The third-order valence-electron chi connectivity index (χ3n) is 1.71. The highest BCUT2D eigenvalue weighted by molar-refractivity contribution is 5.73. The molecule has 0 radical (unpaired) electrons. The summed E-state index contributed by atoms with van der Waals surface area (Å²) >= 11 is 0. The molecule has 1 rings (SSSR count). The molecule has 0 saturated carbocycles. The predicted molar refractivity (Wildman–Crippen MR) is 53.3 cm³/mol. The van der Waals surface area contributed by atoms with E-state index in [2.05, 4.69) is 23.1 Å². The molecule has 0 spiro atoms. The largest absolute Gasteiger partial charge is 0.288 e. The first-order valence-corrected chi connectivity index (χ1v) is 4.22. The van der Waals surface area contributed by atoms with E-state index >= 15 is 0 Å². The third-order valence-corrected chi connectivity index (χ3v) is 1.71. The highest BCUT2D eigenvalue weighted by Crippen LogP contribution is 2.05. The number of nitrogens with zero attached hydrogens (tertiary/aromatic N) is 1. The molecule has 1 aliphatic rings. The number of unbranched alkanes of at least 4 members (excludes halogenated alkanes) is 2. The van der Waals surface area contributed by atoms with Crippen molar-refractivity contribution >= 4 is 6.21 Å². The van der Waals surface area contributed by atoms with E-state index in [9.17, 15) is 0 Å². The van der Waals surface area contributed by atoms with Crippen LogP contribution in [0.1, 0.15) is 19.3 Å². The molecule has 1 nitrogen and oxygen atoms in total. The van der Waals surface area contributed by atoms with Crippen molar-refractivity contribution in [1.82, 2.24) is 0 Å². The lowest BCUT2D eigenvalue weighted by molar-refractivity contribution is 0.878. The van der Waals surface area contributed by atoms with Gasteiger partial charge in [0, 0.05) is 12.6 Å². The Labute approximate surface area is 73.9 Å². The zero-order valence-corrected chi connectivity index (χ0v) is 7.16. The second-order valence-electron chi connectivity index (χ2n) is 2.72. The number of terminal acetylenes is 1. The van der Waals surface area contributed by atoms with Gasteiger partial charge in [0.1, 0.15) is 0 Å². The number of hydrogen-bond acceptors (Lipinski definition) is 1. The van der Waals surface area contributed by atoms with Gasteiger partial charge >= 0.3 is 0 Å². The number of dihydropyridines is 1. The van der Waals surface area contributed by atoms with E-state index in [0.29, 0.717) is 0 Å². The van der Waals surface area contributed by atoms with E-state index in [4.69, 9.17) is 6.42 Å². The summed E-state index contributed by atoms with van der Waals surface area (Å²) in [4.78, 5) is 4.14. The molecule has 0 aromatic heterocycles. The van der Waals surface area contributed by atoms with E-state index in [0.717, 1.165) is 25.8 Å². The van der Waals surface area contributed by atoms with E-state index in [1.807, 2.05) is 12.3 Å². The van der Waals surface area contributed by atoms with Crippen LogP contribution in [-0.4, -0.2) is 12.8 Å². The van der Waals surface area contributed by atoms with Gasteiger partial charge in [0.15, 0.2) is 0 Å². The van der Waals surface area contributed by atoms with Gasteiger partial charge in [0.05, 0.1) is 6.54 Å². The summed E-state index contributed by atoms with van der Waals surface area (Å²) in [6, 6.07) is 0. The van der Waals surface area contributed by atoms with Crippen LogP contribution >= 0.6 is 0 Å². The molecule has 0 atom stereocenters. The maximum atomic E-state index is 5.14. The summed E-state index contributed by atoms with van der Waals surface area (Å²) in [6.07, 6.45) is 16.3. The summed E-state index contributed by atoms with van der Waals surface area (Å²) in [6.45, 7) is 0.826. The molecule has 1 heterocycles. The Morgan fingerprint density at radius 3 is 3.25 bits per heavy atom. The second kappa shape index (κ2) is 5.37. The number of allylic oxidation sites excluding steroid dienone is 2. The van der Waals surface area contributed by atoms with E-state index in [1.165, 1.54) is 5.57 Å². The number of aliphatic imine (C=N–C) groups is 1. The van der Waals surface area contributed by atoms with Crippen LogP contribution < -0.4 is 0 Å². The van der Waals surface area contributed by atoms with Gasteiger partial charge in [-0.15, -0.1) is 12.3 Å². The van der Waals surface area contributed by atoms with Crippen molar-refractivity contribution in [3.63, 3.8) is 0 Å². The Morgan fingerprint density at radius 2 is 2.58 bits per heavy atom. The van der Waals surface area contributed by atoms with Gasteiger partial charge in [-0.3, -0.25) is 4.99 Å². The Kier molecular flexibility index (Phi) is 3.94. The van der Waals surface area contributed by atoms with Crippen LogP contribution in [0.5, 0.6) is 0 Å². The lowest BCUT2D eigenvalue weighted by Crippen LogP contribution is -1.90. The lowest BCUT2D eigenvalue weighted by atomic mass is 10.1. The average Bonchev–Trinajstić information content (AvgIpc) is 2.14. The molecule has 0 N–H and O–H groups in total. The molecule has 0 unspecified atom stereocenters. The molecule has 0 aromatic carbocycles. The standard InChI is InChI=1S/C11H13N/c1-2-3-4-5-7-11-8-6-9-12-10-11/h1,6-9H,3-5,10H2/b11-7-. The van der Waals surface area contributed by atoms with E-state index in [-0.39, 0.29) is 0 Å². The fourth-order valence-corrected chi connectivity index (χ4v) is 1.06. The topological polar surface area (TPSA) is 12.4 Å². The van der Waals surface area contributed by atoms with Crippen molar-refractivity contribution in [2.45, 2.75) is 19.3 Å².